The number of fused-ring (bicyclic) bond motifs is 1. The third kappa shape index (κ3) is 2.84. The van der Waals surface area contributed by atoms with Crippen LogP contribution in [0.25, 0.3) is 0 Å². The minimum absolute atomic E-state index is 0.143. The maximum atomic E-state index is 11.6. The van der Waals surface area contributed by atoms with Crippen molar-refractivity contribution >= 4 is 44.5 Å². The Balaban J connectivity index is 1.79. The lowest BCUT2D eigenvalue weighted by atomic mass is 10.1. The zero-order valence-corrected chi connectivity index (χ0v) is 14.0. The fourth-order valence-electron chi connectivity index (χ4n) is 2.44. The van der Waals surface area contributed by atoms with Gasteiger partial charge in [0, 0.05) is 34.2 Å². The first-order valence-corrected chi connectivity index (χ1v) is 8.37. The van der Waals surface area contributed by atoms with Crippen molar-refractivity contribution in [3.8, 4) is 0 Å². The number of nitrogens with one attached hydrogen (secondary N) is 1. The van der Waals surface area contributed by atoms with Crippen molar-refractivity contribution in [1.82, 2.24) is 0 Å². The largest absolute Gasteiger partial charge is 0.373 e. The van der Waals surface area contributed by atoms with Gasteiger partial charge in [0.2, 0.25) is 5.91 Å². The maximum absolute atomic E-state index is 11.6. The average molecular weight is 366 g/mol. The maximum Gasteiger partial charge on any atom is 0.245 e. The number of thiophene rings is 1. The second-order valence-corrected chi connectivity index (χ2v) is 7.00. The molecule has 3 N–H and O–H groups in total. The molecule has 1 aromatic heterocycles. The Kier molecular flexibility index (Phi) is 4.01. The topological polar surface area (TPSA) is 58.4 Å². The first-order chi connectivity index (χ1) is 10.1. The van der Waals surface area contributed by atoms with Gasteiger partial charge in [-0.2, -0.15) is 0 Å². The van der Waals surface area contributed by atoms with Gasteiger partial charge in [0.15, 0.2) is 0 Å². The SMILES string of the molecule is CN(CCc1cccs1)c1cc2c(cc1Br)C(N)C(=O)N2. The van der Waals surface area contributed by atoms with Crippen LogP contribution in [0, 0.1) is 0 Å². The van der Waals surface area contributed by atoms with Gasteiger partial charge in [-0.1, -0.05) is 6.07 Å². The minimum atomic E-state index is -0.568. The zero-order chi connectivity index (χ0) is 15.0. The van der Waals surface area contributed by atoms with E-state index in [2.05, 4.69) is 50.7 Å². The van der Waals surface area contributed by atoms with E-state index >= 15 is 0 Å². The molecule has 0 saturated carbocycles. The number of nitrogens with zero attached hydrogens (tertiary/aromatic N) is 1. The van der Waals surface area contributed by atoms with E-state index in [1.54, 1.807) is 11.3 Å². The van der Waals surface area contributed by atoms with Crippen LogP contribution in [0.2, 0.25) is 0 Å². The molecular formula is C15H16BrN3OS. The highest BCUT2D eigenvalue weighted by atomic mass is 79.9. The average Bonchev–Trinajstić information content (AvgIpc) is 3.06. The smallest absolute Gasteiger partial charge is 0.245 e. The minimum Gasteiger partial charge on any atom is -0.373 e. The summed E-state index contributed by atoms with van der Waals surface area (Å²) in [5, 5.41) is 4.92. The number of benzene rings is 1. The molecule has 21 heavy (non-hydrogen) atoms. The van der Waals surface area contributed by atoms with Crippen molar-refractivity contribution < 1.29 is 4.79 Å². The van der Waals surface area contributed by atoms with E-state index in [-0.39, 0.29) is 5.91 Å². The van der Waals surface area contributed by atoms with E-state index in [0.717, 1.165) is 34.4 Å². The molecule has 1 aliphatic rings. The quantitative estimate of drug-likeness (QED) is 0.874. The molecule has 1 atom stereocenters. The fourth-order valence-corrected chi connectivity index (χ4v) is 3.80. The third-order valence-corrected chi connectivity index (χ3v) is 5.25. The summed E-state index contributed by atoms with van der Waals surface area (Å²) in [4.78, 5) is 15.2. The first kappa shape index (κ1) is 14.6. The highest BCUT2D eigenvalue weighted by molar-refractivity contribution is 9.10. The van der Waals surface area contributed by atoms with E-state index < -0.39 is 6.04 Å². The van der Waals surface area contributed by atoms with Gasteiger partial charge in [-0.05, 0) is 45.9 Å². The highest BCUT2D eigenvalue weighted by Gasteiger charge is 2.28. The van der Waals surface area contributed by atoms with Crippen LogP contribution in [0.1, 0.15) is 16.5 Å². The molecule has 1 unspecified atom stereocenters. The van der Waals surface area contributed by atoms with Gasteiger partial charge in [-0.3, -0.25) is 4.79 Å². The number of anilines is 2. The summed E-state index contributed by atoms with van der Waals surface area (Å²) >= 11 is 5.36. The highest BCUT2D eigenvalue weighted by Crippen LogP contribution is 2.37. The summed E-state index contributed by atoms with van der Waals surface area (Å²) < 4.78 is 0.960. The Hall–Kier alpha value is -1.37. The van der Waals surface area contributed by atoms with Gasteiger partial charge >= 0.3 is 0 Å². The van der Waals surface area contributed by atoms with Crippen LogP contribution in [0.15, 0.2) is 34.1 Å². The molecule has 0 aliphatic carbocycles. The number of carbonyl (C=O) groups excluding carboxylic acids is 1. The molecule has 2 heterocycles. The molecule has 110 valence electrons. The number of rotatable bonds is 4. The van der Waals surface area contributed by atoms with Crippen LogP contribution >= 0.6 is 27.3 Å². The van der Waals surface area contributed by atoms with Crippen LogP contribution in [0.5, 0.6) is 0 Å². The molecular weight excluding hydrogens is 350 g/mol. The number of carbonyl (C=O) groups is 1. The van der Waals surface area contributed by atoms with Gasteiger partial charge in [-0.25, -0.2) is 0 Å². The van der Waals surface area contributed by atoms with Gasteiger partial charge < -0.3 is 16.0 Å². The van der Waals surface area contributed by atoms with Crippen LogP contribution < -0.4 is 16.0 Å². The molecule has 0 saturated heterocycles. The van der Waals surface area contributed by atoms with Crippen LogP contribution in [0.3, 0.4) is 0 Å². The lowest BCUT2D eigenvalue weighted by Crippen LogP contribution is -2.20. The Morgan fingerprint density at radius 3 is 3.00 bits per heavy atom. The van der Waals surface area contributed by atoms with Crippen molar-refractivity contribution in [2.75, 3.05) is 23.8 Å². The van der Waals surface area contributed by atoms with Crippen molar-refractivity contribution in [2.45, 2.75) is 12.5 Å². The normalized spacial score (nSPS) is 16.7. The number of amides is 1. The molecule has 1 amide bonds. The molecule has 3 rings (SSSR count). The Labute approximate surface area is 136 Å². The molecule has 0 spiro atoms. The summed E-state index contributed by atoms with van der Waals surface area (Å²) in [6.45, 7) is 0.915. The van der Waals surface area contributed by atoms with E-state index in [1.165, 1.54) is 4.88 Å². The van der Waals surface area contributed by atoms with E-state index in [1.807, 2.05) is 12.1 Å². The number of hydrogen-bond acceptors (Lipinski definition) is 4. The van der Waals surface area contributed by atoms with Crippen molar-refractivity contribution in [1.29, 1.82) is 0 Å². The molecule has 0 bridgehead atoms. The first-order valence-electron chi connectivity index (χ1n) is 6.69. The lowest BCUT2D eigenvalue weighted by molar-refractivity contribution is -0.116. The Bertz CT molecular complexity index is 672. The zero-order valence-electron chi connectivity index (χ0n) is 11.6. The van der Waals surface area contributed by atoms with Gasteiger partial charge in [0.25, 0.3) is 0 Å². The lowest BCUT2D eigenvalue weighted by Gasteiger charge is -2.21. The summed E-state index contributed by atoms with van der Waals surface area (Å²) in [5.41, 5.74) is 8.58. The summed E-state index contributed by atoms with van der Waals surface area (Å²) in [6, 6.07) is 7.58. The predicted molar refractivity (Wildman–Crippen MR) is 91.0 cm³/mol. The van der Waals surface area contributed by atoms with E-state index in [0.29, 0.717) is 0 Å². The standard InChI is InChI=1S/C15H16BrN3OS/c1-19(5-4-9-3-2-6-21-9)13-8-12-10(7-11(13)16)14(17)15(20)18-12/h2-3,6-8,14H,4-5,17H2,1H3,(H,18,20). The number of nitrogens with two attached hydrogens (primary N) is 1. The fraction of sp³-hybridized carbons (Fsp3) is 0.267. The van der Waals surface area contributed by atoms with Gasteiger partial charge in [-0.15, -0.1) is 11.3 Å². The molecule has 2 aromatic rings. The van der Waals surface area contributed by atoms with Gasteiger partial charge in [0.1, 0.15) is 6.04 Å². The molecule has 0 fully saturated rings. The van der Waals surface area contributed by atoms with Crippen molar-refractivity contribution in [3.05, 3.63) is 44.6 Å². The summed E-state index contributed by atoms with van der Waals surface area (Å²) in [5.74, 6) is -0.143. The predicted octanol–water partition coefficient (Wildman–Crippen LogP) is 3.14. The molecule has 0 radical (unpaired) electrons. The molecule has 1 aliphatic heterocycles. The van der Waals surface area contributed by atoms with E-state index in [9.17, 15) is 4.79 Å². The number of hydrogen-bond donors (Lipinski definition) is 2. The van der Waals surface area contributed by atoms with Crippen LogP contribution in [0.4, 0.5) is 11.4 Å². The van der Waals surface area contributed by atoms with Crippen molar-refractivity contribution in [2.24, 2.45) is 5.73 Å². The molecule has 1 aromatic carbocycles. The number of likely N-dealkylation sites (N-methyl/N-ethyl adjacent to an activating group) is 1. The second kappa shape index (κ2) is 5.79. The summed E-state index contributed by atoms with van der Waals surface area (Å²) in [6.07, 6.45) is 1.00. The molecule has 4 nitrogen and oxygen atoms in total. The Morgan fingerprint density at radius 1 is 1.48 bits per heavy atom. The monoisotopic (exact) mass is 365 g/mol. The van der Waals surface area contributed by atoms with Crippen LogP contribution in [-0.2, 0) is 11.2 Å². The summed E-state index contributed by atoms with van der Waals surface area (Å²) in [7, 11) is 2.05. The third-order valence-electron chi connectivity index (χ3n) is 3.68. The van der Waals surface area contributed by atoms with Crippen LogP contribution in [-0.4, -0.2) is 19.5 Å². The molecule has 6 heteroatoms. The van der Waals surface area contributed by atoms with Gasteiger partial charge in [0.05, 0.1) is 5.69 Å². The Morgan fingerprint density at radius 2 is 2.29 bits per heavy atom. The van der Waals surface area contributed by atoms with E-state index in [4.69, 9.17) is 5.73 Å². The second-order valence-electron chi connectivity index (χ2n) is 5.11. The van der Waals surface area contributed by atoms with Crippen molar-refractivity contribution in [3.63, 3.8) is 0 Å². The number of halogens is 1.